The van der Waals surface area contributed by atoms with Crippen molar-refractivity contribution in [3.05, 3.63) is 94.9 Å². The summed E-state index contributed by atoms with van der Waals surface area (Å²) in [6.07, 6.45) is 3.89. The molecule has 1 aliphatic rings. The van der Waals surface area contributed by atoms with Gasteiger partial charge in [0.25, 0.3) is 0 Å². The Morgan fingerprint density at radius 3 is 2.20 bits per heavy atom. The van der Waals surface area contributed by atoms with Gasteiger partial charge >= 0.3 is 5.97 Å². The van der Waals surface area contributed by atoms with Gasteiger partial charge in [0.1, 0.15) is 11.4 Å². The fourth-order valence-electron chi connectivity index (χ4n) is 4.07. The zero-order valence-electron chi connectivity index (χ0n) is 18.4. The summed E-state index contributed by atoms with van der Waals surface area (Å²) in [6.45, 7) is 8.82. The Morgan fingerprint density at radius 2 is 1.67 bits per heavy atom. The van der Waals surface area contributed by atoms with E-state index in [1.54, 1.807) is 0 Å². The van der Waals surface area contributed by atoms with E-state index in [2.05, 4.69) is 38.3 Å². The molecule has 0 spiro atoms. The largest absolute Gasteiger partial charge is 0.512 e. The zero-order chi connectivity index (χ0) is 21.8. The average Bonchev–Trinajstić information content (AvgIpc) is 2.71. The molecule has 3 nitrogen and oxygen atoms in total. The number of esters is 1. The summed E-state index contributed by atoms with van der Waals surface area (Å²) in [5.41, 5.74) is 3.68. The molecular weight excluding hydrogens is 388 g/mol. The van der Waals surface area contributed by atoms with E-state index in [-0.39, 0.29) is 11.7 Å². The lowest BCUT2D eigenvalue weighted by Crippen LogP contribution is -2.39. The molecule has 0 bridgehead atoms. The van der Waals surface area contributed by atoms with Crippen molar-refractivity contribution < 1.29 is 14.6 Å². The molecule has 2 atom stereocenters. The van der Waals surface area contributed by atoms with Crippen molar-refractivity contribution in [3.8, 4) is 0 Å². The van der Waals surface area contributed by atoms with E-state index in [1.165, 1.54) is 0 Å². The quantitative estimate of drug-likeness (QED) is 0.402. The van der Waals surface area contributed by atoms with E-state index in [0.717, 1.165) is 17.5 Å². The van der Waals surface area contributed by atoms with E-state index in [4.69, 9.17) is 4.74 Å². The standard InChI is InChI=1S/C26H32O3Si/c1-5-17-26(21-14-10-7-11-15-21)19-23(27)24(25(28)29-26)22(16-18-30(2,3)4)20-12-8-6-9-13-20/h6-16,18,22,27H,5,17,19H2,1-4H3/b18-16+. The van der Waals surface area contributed by atoms with Gasteiger partial charge in [-0.25, -0.2) is 4.79 Å². The molecular formula is C26H32O3Si. The maximum Gasteiger partial charge on any atom is 0.339 e. The topological polar surface area (TPSA) is 46.5 Å². The Labute approximate surface area is 181 Å². The highest BCUT2D eigenvalue weighted by Gasteiger charge is 2.44. The van der Waals surface area contributed by atoms with Crippen molar-refractivity contribution in [3.63, 3.8) is 0 Å². The molecule has 0 amide bonds. The molecule has 0 saturated heterocycles. The van der Waals surface area contributed by atoms with E-state index >= 15 is 0 Å². The number of rotatable bonds is 7. The van der Waals surface area contributed by atoms with Gasteiger partial charge in [-0.1, -0.05) is 105 Å². The van der Waals surface area contributed by atoms with Crippen LogP contribution in [0.1, 0.15) is 43.2 Å². The normalized spacial score (nSPS) is 21.0. The second kappa shape index (κ2) is 9.05. The molecule has 0 saturated carbocycles. The number of cyclic esters (lactones) is 1. The zero-order valence-corrected chi connectivity index (χ0v) is 19.4. The molecule has 2 aromatic rings. The van der Waals surface area contributed by atoms with Crippen LogP contribution in [0.15, 0.2) is 83.8 Å². The summed E-state index contributed by atoms with van der Waals surface area (Å²) in [5, 5.41) is 11.2. The van der Waals surface area contributed by atoms with Crippen LogP contribution in [0.2, 0.25) is 19.6 Å². The summed E-state index contributed by atoms with van der Waals surface area (Å²) in [6, 6.07) is 19.7. The van der Waals surface area contributed by atoms with Crippen molar-refractivity contribution in [2.75, 3.05) is 0 Å². The van der Waals surface area contributed by atoms with Gasteiger partial charge in [0, 0.05) is 12.3 Å². The van der Waals surface area contributed by atoms with Crippen LogP contribution >= 0.6 is 0 Å². The number of carbonyl (C=O) groups excluding carboxylic acids is 1. The first-order valence-electron chi connectivity index (χ1n) is 10.7. The van der Waals surface area contributed by atoms with Crippen molar-refractivity contribution in [2.24, 2.45) is 0 Å². The third-order valence-corrected chi connectivity index (χ3v) is 6.68. The predicted octanol–water partition coefficient (Wildman–Crippen LogP) is 6.66. The molecule has 1 heterocycles. The van der Waals surface area contributed by atoms with Gasteiger partial charge in [0.05, 0.1) is 13.6 Å². The van der Waals surface area contributed by atoms with Crippen LogP contribution in [0.4, 0.5) is 0 Å². The fourth-order valence-corrected chi connectivity index (χ4v) is 4.84. The van der Waals surface area contributed by atoms with Gasteiger partial charge in [0.15, 0.2) is 0 Å². The fraction of sp³-hybridized carbons (Fsp3) is 0.346. The highest BCUT2D eigenvalue weighted by Crippen LogP contribution is 2.44. The number of benzene rings is 2. The number of aliphatic hydroxyl groups is 1. The second-order valence-corrected chi connectivity index (χ2v) is 14.2. The van der Waals surface area contributed by atoms with Gasteiger partial charge in [-0.3, -0.25) is 0 Å². The molecule has 0 fully saturated rings. The predicted molar refractivity (Wildman–Crippen MR) is 125 cm³/mol. The second-order valence-electron chi connectivity index (χ2n) is 9.15. The molecule has 2 aromatic carbocycles. The Morgan fingerprint density at radius 1 is 1.07 bits per heavy atom. The summed E-state index contributed by atoms with van der Waals surface area (Å²) in [7, 11) is -1.49. The first-order valence-corrected chi connectivity index (χ1v) is 14.3. The van der Waals surface area contributed by atoms with Crippen molar-refractivity contribution in [1.29, 1.82) is 0 Å². The Bertz CT molecular complexity index is 926. The SMILES string of the molecule is CCCC1(c2ccccc2)CC(O)=C(C(/C=C/[Si](C)(C)C)c2ccccc2)C(=O)O1. The van der Waals surface area contributed by atoms with E-state index < -0.39 is 19.6 Å². The number of carbonyl (C=O) groups is 1. The van der Waals surface area contributed by atoms with Crippen LogP contribution in [-0.4, -0.2) is 19.1 Å². The Hall–Kier alpha value is -2.59. The molecule has 0 aromatic heterocycles. The molecule has 4 heteroatoms. The van der Waals surface area contributed by atoms with Crippen molar-refractivity contribution in [2.45, 2.75) is 57.3 Å². The maximum atomic E-state index is 13.3. The van der Waals surface area contributed by atoms with E-state index in [1.807, 2.05) is 60.7 Å². The summed E-state index contributed by atoms with van der Waals surface area (Å²) < 4.78 is 6.14. The minimum atomic E-state index is -1.49. The van der Waals surface area contributed by atoms with Gasteiger partial charge < -0.3 is 9.84 Å². The van der Waals surface area contributed by atoms with Crippen LogP contribution < -0.4 is 0 Å². The van der Waals surface area contributed by atoms with Crippen LogP contribution in [0, 0.1) is 0 Å². The molecule has 2 unspecified atom stereocenters. The molecule has 30 heavy (non-hydrogen) atoms. The molecule has 0 aliphatic carbocycles. The highest BCUT2D eigenvalue weighted by atomic mass is 28.3. The molecule has 158 valence electrons. The lowest BCUT2D eigenvalue weighted by atomic mass is 9.80. The number of aliphatic hydroxyl groups excluding tert-OH is 1. The van der Waals surface area contributed by atoms with Gasteiger partial charge in [0.2, 0.25) is 0 Å². The smallest absolute Gasteiger partial charge is 0.339 e. The number of hydrogen-bond donors (Lipinski definition) is 1. The Balaban J connectivity index is 2.08. The lowest BCUT2D eigenvalue weighted by molar-refractivity contribution is -0.161. The van der Waals surface area contributed by atoms with Crippen LogP contribution in [0.25, 0.3) is 0 Å². The lowest BCUT2D eigenvalue weighted by Gasteiger charge is -2.38. The average molecular weight is 421 g/mol. The minimum absolute atomic E-state index is 0.137. The van der Waals surface area contributed by atoms with Gasteiger partial charge in [-0.2, -0.15) is 0 Å². The van der Waals surface area contributed by atoms with Crippen LogP contribution in [-0.2, 0) is 15.1 Å². The summed E-state index contributed by atoms with van der Waals surface area (Å²) in [5.74, 6) is -0.608. The van der Waals surface area contributed by atoms with E-state index in [0.29, 0.717) is 18.4 Å². The molecule has 0 radical (unpaired) electrons. The van der Waals surface area contributed by atoms with E-state index in [9.17, 15) is 9.90 Å². The number of ether oxygens (including phenoxy) is 1. The van der Waals surface area contributed by atoms with Gasteiger partial charge in [-0.15, -0.1) is 0 Å². The minimum Gasteiger partial charge on any atom is -0.512 e. The van der Waals surface area contributed by atoms with Gasteiger partial charge in [-0.05, 0) is 17.5 Å². The monoisotopic (exact) mass is 420 g/mol. The first-order chi connectivity index (χ1) is 14.3. The summed E-state index contributed by atoms with van der Waals surface area (Å²) >= 11 is 0. The third kappa shape index (κ3) is 4.93. The molecule has 3 rings (SSSR count). The first kappa shape index (κ1) is 22.1. The Kier molecular flexibility index (Phi) is 6.66. The summed E-state index contributed by atoms with van der Waals surface area (Å²) in [4.78, 5) is 13.3. The molecule has 1 aliphatic heterocycles. The van der Waals surface area contributed by atoms with Crippen LogP contribution in [0.5, 0.6) is 0 Å². The van der Waals surface area contributed by atoms with Crippen molar-refractivity contribution >= 4 is 14.0 Å². The maximum absolute atomic E-state index is 13.3. The highest BCUT2D eigenvalue weighted by molar-refractivity contribution is 6.80. The van der Waals surface area contributed by atoms with Crippen molar-refractivity contribution in [1.82, 2.24) is 0 Å². The molecule has 1 N–H and O–H groups in total. The number of allylic oxidation sites excluding steroid dienone is 1. The van der Waals surface area contributed by atoms with Crippen LogP contribution in [0.3, 0.4) is 0 Å². The number of hydrogen-bond acceptors (Lipinski definition) is 3. The third-order valence-electron chi connectivity index (χ3n) is 5.48.